The van der Waals surface area contributed by atoms with Crippen LogP contribution in [0.5, 0.6) is 0 Å². The molecular formula is C11H15NO. The molecule has 1 rings (SSSR count). The van der Waals surface area contributed by atoms with E-state index in [1.165, 1.54) is 0 Å². The van der Waals surface area contributed by atoms with Crippen LogP contribution in [0.25, 0.3) is 0 Å². The van der Waals surface area contributed by atoms with Crippen molar-refractivity contribution in [3.8, 4) is 0 Å². The molecule has 2 heteroatoms. The van der Waals surface area contributed by atoms with Crippen molar-refractivity contribution in [3.05, 3.63) is 29.1 Å². The minimum absolute atomic E-state index is 0.0453. The van der Waals surface area contributed by atoms with Crippen molar-refractivity contribution < 1.29 is 4.79 Å². The summed E-state index contributed by atoms with van der Waals surface area (Å²) in [5.74, 6) is 0.208. The van der Waals surface area contributed by atoms with E-state index < -0.39 is 0 Å². The Morgan fingerprint density at radius 3 is 2.46 bits per heavy atom. The van der Waals surface area contributed by atoms with Crippen LogP contribution in [0.2, 0.25) is 0 Å². The monoisotopic (exact) mass is 177 g/mol. The first-order chi connectivity index (χ1) is 6.02. The van der Waals surface area contributed by atoms with Gasteiger partial charge in [-0.25, -0.2) is 0 Å². The maximum absolute atomic E-state index is 11.6. The van der Waals surface area contributed by atoms with Gasteiger partial charge >= 0.3 is 0 Å². The van der Waals surface area contributed by atoms with E-state index in [0.717, 1.165) is 16.8 Å². The zero-order valence-electron chi connectivity index (χ0n) is 8.59. The number of aryl methyl sites for hydroxylation is 2. The van der Waals surface area contributed by atoms with Crippen molar-refractivity contribution in [1.82, 2.24) is 4.98 Å². The zero-order chi connectivity index (χ0) is 10.0. The summed E-state index contributed by atoms with van der Waals surface area (Å²) in [4.78, 5) is 15.7. The van der Waals surface area contributed by atoms with E-state index in [-0.39, 0.29) is 11.7 Å². The van der Waals surface area contributed by atoms with E-state index in [4.69, 9.17) is 0 Å². The Balaban J connectivity index is 3.04. The number of rotatable bonds is 2. The van der Waals surface area contributed by atoms with Crippen LogP contribution in [0.15, 0.2) is 12.3 Å². The summed E-state index contributed by atoms with van der Waals surface area (Å²) in [6, 6.07) is 1.91. The molecule has 0 aliphatic carbocycles. The molecule has 13 heavy (non-hydrogen) atoms. The summed E-state index contributed by atoms with van der Waals surface area (Å²) < 4.78 is 0. The maximum Gasteiger partial charge on any atom is 0.166 e. The number of pyridine rings is 1. The standard InChI is InChI=1S/C11H15NO/c1-7(2)11(13)10-5-8(3)9(4)12-6-10/h5-7H,1-4H3. The lowest BCUT2D eigenvalue weighted by Crippen LogP contribution is -2.08. The molecule has 0 radical (unpaired) electrons. The third-order valence-electron chi connectivity index (χ3n) is 2.15. The van der Waals surface area contributed by atoms with Gasteiger partial charge in [0.05, 0.1) is 0 Å². The lowest BCUT2D eigenvalue weighted by atomic mass is 10.0. The minimum atomic E-state index is 0.0453. The number of Topliss-reactive ketones (excluding diaryl/α,β-unsaturated/α-hetero) is 1. The third kappa shape index (κ3) is 2.14. The molecule has 0 fully saturated rings. The second-order valence-corrected chi connectivity index (χ2v) is 3.65. The summed E-state index contributed by atoms with van der Waals surface area (Å²) in [6.45, 7) is 7.72. The predicted octanol–water partition coefficient (Wildman–Crippen LogP) is 2.54. The highest BCUT2D eigenvalue weighted by molar-refractivity contribution is 5.97. The van der Waals surface area contributed by atoms with Gasteiger partial charge in [0.2, 0.25) is 0 Å². The normalized spacial score (nSPS) is 10.5. The summed E-state index contributed by atoms with van der Waals surface area (Å²) >= 11 is 0. The van der Waals surface area contributed by atoms with Gasteiger partial charge < -0.3 is 0 Å². The fraction of sp³-hybridized carbons (Fsp3) is 0.455. The maximum atomic E-state index is 11.6. The SMILES string of the molecule is Cc1cc(C(=O)C(C)C)cnc1C. The van der Waals surface area contributed by atoms with Gasteiger partial charge in [0, 0.05) is 23.4 Å². The zero-order valence-corrected chi connectivity index (χ0v) is 8.59. The largest absolute Gasteiger partial charge is 0.294 e. The number of hydrogen-bond donors (Lipinski definition) is 0. The van der Waals surface area contributed by atoms with Crippen molar-refractivity contribution >= 4 is 5.78 Å². The molecule has 0 unspecified atom stereocenters. The van der Waals surface area contributed by atoms with Crippen molar-refractivity contribution in [2.24, 2.45) is 5.92 Å². The van der Waals surface area contributed by atoms with Gasteiger partial charge in [-0.05, 0) is 25.5 Å². The Bertz CT molecular complexity index is 329. The first-order valence-electron chi connectivity index (χ1n) is 4.50. The van der Waals surface area contributed by atoms with Crippen LogP contribution in [0.4, 0.5) is 0 Å². The molecule has 0 spiro atoms. The average Bonchev–Trinajstić information content (AvgIpc) is 2.08. The van der Waals surface area contributed by atoms with Crippen molar-refractivity contribution in [2.45, 2.75) is 27.7 Å². The molecule has 0 saturated carbocycles. The van der Waals surface area contributed by atoms with Gasteiger partial charge in [-0.1, -0.05) is 13.8 Å². The number of nitrogens with zero attached hydrogens (tertiary/aromatic N) is 1. The molecule has 0 aromatic carbocycles. The van der Waals surface area contributed by atoms with Gasteiger partial charge in [0.15, 0.2) is 5.78 Å². The molecular weight excluding hydrogens is 162 g/mol. The minimum Gasteiger partial charge on any atom is -0.294 e. The Morgan fingerprint density at radius 1 is 1.38 bits per heavy atom. The quantitative estimate of drug-likeness (QED) is 0.650. The van der Waals surface area contributed by atoms with Crippen molar-refractivity contribution in [3.63, 3.8) is 0 Å². The van der Waals surface area contributed by atoms with Gasteiger partial charge in [0.1, 0.15) is 0 Å². The summed E-state index contributed by atoms with van der Waals surface area (Å²) in [5.41, 5.74) is 2.78. The van der Waals surface area contributed by atoms with E-state index in [1.807, 2.05) is 33.8 Å². The molecule has 0 atom stereocenters. The fourth-order valence-electron chi connectivity index (χ4n) is 1.11. The van der Waals surface area contributed by atoms with E-state index in [1.54, 1.807) is 6.20 Å². The molecule has 2 nitrogen and oxygen atoms in total. The van der Waals surface area contributed by atoms with Gasteiger partial charge in [-0.15, -0.1) is 0 Å². The molecule has 0 amide bonds. The molecule has 1 aromatic rings. The van der Waals surface area contributed by atoms with Crippen LogP contribution < -0.4 is 0 Å². The van der Waals surface area contributed by atoms with Gasteiger partial charge in [-0.2, -0.15) is 0 Å². The third-order valence-corrected chi connectivity index (χ3v) is 2.15. The molecule has 0 N–H and O–H groups in total. The van der Waals surface area contributed by atoms with Crippen molar-refractivity contribution in [1.29, 1.82) is 0 Å². The molecule has 1 aromatic heterocycles. The number of hydrogen-bond acceptors (Lipinski definition) is 2. The van der Waals surface area contributed by atoms with Gasteiger partial charge in [-0.3, -0.25) is 9.78 Å². The molecule has 70 valence electrons. The Morgan fingerprint density at radius 2 is 2.00 bits per heavy atom. The topological polar surface area (TPSA) is 30.0 Å². The lowest BCUT2D eigenvalue weighted by Gasteiger charge is -2.05. The van der Waals surface area contributed by atoms with E-state index in [0.29, 0.717) is 0 Å². The van der Waals surface area contributed by atoms with Crippen LogP contribution in [-0.2, 0) is 0 Å². The average molecular weight is 177 g/mol. The second-order valence-electron chi connectivity index (χ2n) is 3.65. The number of ketones is 1. The van der Waals surface area contributed by atoms with E-state index in [9.17, 15) is 4.79 Å². The van der Waals surface area contributed by atoms with Crippen LogP contribution >= 0.6 is 0 Å². The molecule has 0 bridgehead atoms. The summed E-state index contributed by atoms with van der Waals surface area (Å²) in [5, 5.41) is 0. The lowest BCUT2D eigenvalue weighted by molar-refractivity contribution is 0.0939. The number of aromatic nitrogens is 1. The molecule has 0 saturated heterocycles. The van der Waals surface area contributed by atoms with Crippen LogP contribution in [0.1, 0.15) is 35.5 Å². The first kappa shape index (κ1) is 9.90. The van der Waals surface area contributed by atoms with Crippen LogP contribution in [-0.4, -0.2) is 10.8 Å². The van der Waals surface area contributed by atoms with Crippen LogP contribution in [0.3, 0.4) is 0 Å². The molecule has 0 aliphatic rings. The predicted molar refractivity (Wildman–Crippen MR) is 52.9 cm³/mol. The number of carbonyl (C=O) groups excluding carboxylic acids is 1. The second kappa shape index (κ2) is 3.69. The Hall–Kier alpha value is -1.18. The summed E-state index contributed by atoms with van der Waals surface area (Å²) in [7, 11) is 0. The van der Waals surface area contributed by atoms with E-state index in [2.05, 4.69) is 4.98 Å². The summed E-state index contributed by atoms with van der Waals surface area (Å²) in [6.07, 6.45) is 1.66. The molecule has 1 heterocycles. The smallest absolute Gasteiger partial charge is 0.166 e. The Kier molecular flexibility index (Phi) is 2.81. The van der Waals surface area contributed by atoms with Crippen LogP contribution in [0, 0.1) is 19.8 Å². The van der Waals surface area contributed by atoms with Gasteiger partial charge in [0.25, 0.3) is 0 Å². The Labute approximate surface area is 79.0 Å². The number of carbonyl (C=O) groups is 1. The van der Waals surface area contributed by atoms with Crippen molar-refractivity contribution in [2.75, 3.05) is 0 Å². The fourth-order valence-corrected chi connectivity index (χ4v) is 1.11. The molecule has 0 aliphatic heterocycles. The highest BCUT2D eigenvalue weighted by Gasteiger charge is 2.10. The highest BCUT2D eigenvalue weighted by Crippen LogP contribution is 2.11. The highest BCUT2D eigenvalue weighted by atomic mass is 16.1. The first-order valence-corrected chi connectivity index (χ1v) is 4.50. The van der Waals surface area contributed by atoms with E-state index >= 15 is 0 Å².